The number of hydrogen-bond acceptors (Lipinski definition) is 7. The van der Waals surface area contributed by atoms with Gasteiger partial charge in [0.15, 0.2) is 0 Å². The van der Waals surface area contributed by atoms with E-state index in [2.05, 4.69) is 20.4 Å². The van der Waals surface area contributed by atoms with Gasteiger partial charge in [-0.1, -0.05) is 24.3 Å². The first-order chi connectivity index (χ1) is 15.0. The molecule has 0 spiro atoms. The molecule has 0 aliphatic carbocycles. The molecule has 1 saturated heterocycles. The van der Waals surface area contributed by atoms with Gasteiger partial charge >= 0.3 is 11.8 Å². The van der Waals surface area contributed by atoms with Crippen LogP contribution < -0.4 is 20.3 Å². The largest absolute Gasteiger partial charge is 0.495 e. The Morgan fingerprint density at radius 3 is 2.42 bits per heavy atom. The van der Waals surface area contributed by atoms with Gasteiger partial charge in [-0.3, -0.25) is 24.6 Å². The van der Waals surface area contributed by atoms with Crippen molar-refractivity contribution in [3.05, 3.63) is 58.6 Å². The second-order valence-corrected chi connectivity index (χ2v) is 6.98. The molecule has 0 atom stereocenters. The van der Waals surface area contributed by atoms with Crippen LogP contribution in [0.1, 0.15) is 0 Å². The van der Waals surface area contributed by atoms with Crippen molar-refractivity contribution in [2.45, 2.75) is 0 Å². The Morgan fingerprint density at radius 2 is 1.71 bits per heavy atom. The zero-order chi connectivity index (χ0) is 22.2. The highest BCUT2D eigenvalue weighted by atomic mass is 16.6. The molecule has 0 saturated carbocycles. The van der Waals surface area contributed by atoms with Gasteiger partial charge in [-0.25, -0.2) is 0 Å². The van der Waals surface area contributed by atoms with Crippen LogP contribution in [-0.2, 0) is 9.59 Å². The molecule has 1 heterocycles. The smallest absolute Gasteiger partial charge is 0.313 e. The number of anilines is 2. The van der Waals surface area contributed by atoms with Crippen molar-refractivity contribution >= 4 is 28.9 Å². The number of amides is 2. The van der Waals surface area contributed by atoms with Crippen molar-refractivity contribution in [2.75, 3.05) is 56.6 Å². The summed E-state index contributed by atoms with van der Waals surface area (Å²) < 4.78 is 5.42. The molecule has 1 aliphatic rings. The van der Waals surface area contributed by atoms with Crippen LogP contribution in [0, 0.1) is 10.1 Å². The molecule has 0 radical (unpaired) electrons. The Balaban J connectivity index is 1.42. The van der Waals surface area contributed by atoms with E-state index in [-0.39, 0.29) is 11.4 Å². The monoisotopic (exact) mass is 427 g/mol. The molecule has 2 aromatic carbocycles. The summed E-state index contributed by atoms with van der Waals surface area (Å²) in [4.78, 5) is 38.9. The summed E-state index contributed by atoms with van der Waals surface area (Å²) in [5, 5.41) is 15.9. The SMILES string of the molecule is COc1ccccc1N1CCN(CCNC(=O)C(=O)Nc2ccccc2[N+](=O)[O-])CC1. The van der Waals surface area contributed by atoms with E-state index in [4.69, 9.17) is 4.74 Å². The maximum atomic E-state index is 12.1. The number of methoxy groups -OCH3 is 1. The van der Waals surface area contributed by atoms with Gasteiger partial charge in [0.1, 0.15) is 11.4 Å². The van der Waals surface area contributed by atoms with Crippen LogP contribution in [0.5, 0.6) is 5.75 Å². The Labute approximate surface area is 179 Å². The fourth-order valence-electron chi connectivity index (χ4n) is 3.43. The minimum Gasteiger partial charge on any atom is -0.495 e. The van der Waals surface area contributed by atoms with Gasteiger partial charge in [0.05, 0.1) is 17.7 Å². The number of nitrogens with one attached hydrogen (secondary N) is 2. The molecule has 0 aromatic heterocycles. The number of nitro benzene ring substituents is 1. The lowest BCUT2D eigenvalue weighted by molar-refractivity contribution is -0.383. The van der Waals surface area contributed by atoms with Crippen LogP contribution in [0.3, 0.4) is 0 Å². The van der Waals surface area contributed by atoms with E-state index in [9.17, 15) is 19.7 Å². The van der Waals surface area contributed by atoms with Gasteiger partial charge in [-0.05, 0) is 18.2 Å². The molecule has 10 heteroatoms. The second kappa shape index (κ2) is 10.4. The number of nitrogens with zero attached hydrogens (tertiary/aromatic N) is 3. The molecule has 10 nitrogen and oxygen atoms in total. The third-order valence-corrected chi connectivity index (χ3v) is 5.07. The fraction of sp³-hybridized carbons (Fsp3) is 0.333. The Bertz CT molecular complexity index is 943. The van der Waals surface area contributed by atoms with Crippen LogP contribution >= 0.6 is 0 Å². The van der Waals surface area contributed by atoms with Crippen molar-refractivity contribution in [3.8, 4) is 5.75 Å². The molecule has 3 rings (SSSR count). The number of ether oxygens (including phenoxy) is 1. The summed E-state index contributed by atoms with van der Waals surface area (Å²) in [7, 11) is 1.66. The topological polar surface area (TPSA) is 117 Å². The molecular weight excluding hydrogens is 402 g/mol. The molecule has 1 aliphatic heterocycles. The first-order valence-corrected chi connectivity index (χ1v) is 9.92. The molecular formula is C21H25N5O5. The second-order valence-electron chi connectivity index (χ2n) is 6.98. The molecule has 0 unspecified atom stereocenters. The van der Waals surface area contributed by atoms with Crippen LogP contribution in [0.25, 0.3) is 0 Å². The minimum absolute atomic E-state index is 0.0138. The number of para-hydroxylation sites is 4. The lowest BCUT2D eigenvalue weighted by Gasteiger charge is -2.36. The average Bonchev–Trinajstić information content (AvgIpc) is 2.79. The van der Waals surface area contributed by atoms with Gasteiger partial charge in [0.2, 0.25) is 0 Å². The van der Waals surface area contributed by atoms with Crippen molar-refractivity contribution in [2.24, 2.45) is 0 Å². The van der Waals surface area contributed by atoms with Crippen LogP contribution in [0.2, 0.25) is 0 Å². The molecule has 31 heavy (non-hydrogen) atoms. The third kappa shape index (κ3) is 5.70. The van der Waals surface area contributed by atoms with Crippen molar-refractivity contribution in [1.82, 2.24) is 10.2 Å². The number of carbonyl (C=O) groups excluding carboxylic acids is 2. The highest BCUT2D eigenvalue weighted by Crippen LogP contribution is 2.28. The fourth-order valence-corrected chi connectivity index (χ4v) is 3.43. The summed E-state index contributed by atoms with van der Waals surface area (Å²) in [5.74, 6) is -0.922. The maximum Gasteiger partial charge on any atom is 0.313 e. The summed E-state index contributed by atoms with van der Waals surface area (Å²) in [6.45, 7) is 4.19. The normalized spacial score (nSPS) is 14.0. The highest BCUT2D eigenvalue weighted by molar-refractivity contribution is 6.39. The van der Waals surface area contributed by atoms with Gasteiger partial charge < -0.3 is 20.3 Å². The van der Waals surface area contributed by atoms with E-state index in [0.717, 1.165) is 37.6 Å². The van der Waals surface area contributed by atoms with Gasteiger partial charge in [0.25, 0.3) is 5.69 Å². The average molecular weight is 427 g/mol. The lowest BCUT2D eigenvalue weighted by Crippen LogP contribution is -2.49. The first kappa shape index (κ1) is 22.0. The van der Waals surface area contributed by atoms with Crippen LogP contribution in [0.15, 0.2) is 48.5 Å². The van der Waals surface area contributed by atoms with Gasteiger partial charge in [-0.2, -0.15) is 0 Å². The predicted molar refractivity (Wildman–Crippen MR) is 116 cm³/mol. The van der Waals surface area contributed by atoms with E-state index in [0.29, 0.717) is 13.1 Å². The van der Waals surface area contributed by atoms with E-state index in [1.54, 1.807) is 13.2 Å². The molecule has 2 amide bonds. The van der Waals surface area contributed by atoms with Crippen molar-refractivity contribution in [3.63, 3.8) is 0 Å². The number of rotatable bonds is 7. The number of hydrogen-bond donors (Lipinski definition) is 2. The zero-order valence-electron chi connectivity index (χ0n) is 17.2. The standard InChI is InChI=1S/C21H25N5O5/c1-31-19-9-5-4-8-18(19)25-14-12-24(13-15-25)11-10-22-20(27)21(28)23-16-6-2-3-7-17(16)26(29)30/h2-9H,10-15H2,1H3,(H,22,27)(H,23,28). The lowest BCUT2D eigenvalue weighted by atomic mass is 10.2. The first-order valence-electron chi connectivity index (χ1n) is 9.92. The minimum atomic E-state index is -0.935. The van der Waals surface area contributed by atoms with E-state index in [1.165, 1.54) is 18.2 Å². The van der Waals surface area contributed by atoms with Crippen LogP contribution in [0.4, 0.5) is 17.1 Å². The molecule has 2 aromatic rings. The molecule has 2 N–H and O–H groups in total. The maximum absolute atomic E-state index is 12.1. The molecule has 164 valence electrons. The third-order valence-electron chi connectivity index (χ3n) is 5.07. The van der Waals surface area contributed by atoms with Gasteiger partial charge in [0, 0.05) is 45.3 Å². The summed E-state index contributed by atoms with van der Waals surface area (Å²) >= 11 is 0. The van der Waals surface area contributed by atoms with E-state index < -0.39 is 16.7 Å². The quantitative estimate of drug-likeness (QED) is 0.390. The summed E-state index contributed by atoms with van der Waals surface area (Å²) in [6.07, 6.45) is 0. The Morgan fingerprint density at radius 1 is 1.03 bits per heavy atom. The highest BCUT2D eigenvalue weighted by Gasteiger charge is 2.21. The number of piperazine rings is 1. The predicted octanol–water partition coefficient (Wildman–Crippen LogP) is 1.48. The Hall–Kier alpha value is -3.66. The zero-order valence-corrected chi connectivity index (χ0v) is 17.2. The number of carbonyl (C=O) groups is 2. The summed E-state index contributed by atoms with van der Waals surface area (Å²) in [5.41, 5.74) is 0.779. The van der Waals surface area contributed by atoms with Crippen molar-refractivity contribution < 1.29 is 19.2 Å². The van der Waals surface area contributed by atoms with Crippen molar-refractivity contribution in [1.29, 1.82) is 0 Å². The number of benzene rings is 2. The van der Waals surface area contributed by atoms with E-state index in [1.807, 2.05) is 24.3 Å². The molecule has 0 bridgehead atoms. The Kier molecular flexibility index (Phi) is 7.39. The summed E-state index contributed by atoms with van der Waals surface area (Å²) in [6, 6.07) is 13.6. The van der Waals surface area contributed by atoms with Gasteiger partial charge in [-0.15, -0.1) is 0 Å². The van der Waals surface area contributed by atoms with Crippen LogP contribution in [-0.4, -0.2) is 68.0 Å². The van der Waals surface area contributed by atoms with E-state index >= 15 is 0 Å². The number of nitro groups is 1. The molecule has 1 fully saturated rings.